The molecule has 3 aromatic rings. The van der Waals surface area contributed by atoms with Crippen molar-refractivity contribution in [2.24, 2.45) is 0 Å². The molecule has 6 heteroatoms. The Morgan fingerprint density at radius 1 is 1.00 bits per heavy atom. The largest absolute Gasteiger partial charge is 0.489 e. The fraction of sp³-hybridized carbons (Fsp3) is 0.0455. The molecule has 0 aliphatic rings. The highest BCUT2D eigenvalue weighted by atomic mass is 35.5. The maximum atomic E-state index is 12.7. The zero-order valence-electron chi connectivity index (χ0n) is 14.7. The predicted molar refractivity (Wildman–Crippen MR) is 109 cm³/mol. The highest BCUT2D eigenvalue weighted by molar-refractivity contribution is 7.95. The van der Waals surface area contributed by atoms with Gasteiger partial charge in [0, 0.05) is 5.02 Å². The van der Waals surface area contributed by atoms with Gasteiger partial charge in [-0.3, -0.25) is 0 Å². The van der Waals surface area contributed by atoms with Crippen LogP contribution in [0.4, 0.5) is 0 Å². The van der Waals surface area contributed by atoms with Crippen molar-refractivity contribution in [3.05, 3.63) is 99.9 Å². The lowest BCUT2D eigenvalue weighted by molar-refractivity contribution is 0.306. The Hall–Kier alpha value is -3.07. The molecule has 0 saturated heterocycles. The van der Waals surface area contributed by atoms with Crippen molar-refractivity contribution in [2.75, 3.05) is 0 Å². The van der Waals surface area contributed by atoms with Crippen molar-refractivity contribution in [1.82, 2.24) is 0 Å². The number of nitriles is 1. The van der Waals surface area contributed by atoms with Gasteiger partial charge in [0.25, 0.3) is 0 Å². The minimum atomic E-state index is -3.87. The summed E-state index contributed by atoms with van der Waals surface area (Å²) in [5.74, 6) is 0.568. The molecule has 0 radical (unpaired) electrons. The minimum Gasteiger partial charge on any atom is -0.489 e. The van der Waals surface area contributed by atoms with Crippen molar-refractivity contribution < 1.29 is 13.2 Å². The van der Waals surface area contributed by atoms with Crippen LogP contribution >= 0.6 is 11.6 Å². The van der Waals surface area contributed by atoms with Gasteiger partial charge < -0.3 is 4.74 Å². The fourth-order valence-electron chi connectivity index (χ4n) is 2.49. The summed E-state index contributed by atoms with van der Waals surface area (Å²) in [6.45, 7) is 0.345. The van der Waals surface area contributed by atoms with Crippen LogP contribution in [0.2, 0.25) is 5.02 Å². The molecule has 28 heavy (non-hydrogen) atoms. The smallest absolute Gasteiger partial charge is 0.216 e. The van der Waals surface area contributed by atoms with E-state index in [0.717, 1.165) is 5.56 Å². The average Bonchev–Trinajstić information content (AvgIpc) is 2.72. The van der Waals surface area contributed by atoms with E-state index in [0.29, 0.717) is 22.9 Å². The zero-order chi connectivity index (χ0) is 20.0. The van der Waals surface area contributed by atoms with E-state index >= 15 is 0 Å². The summed E-state index contributed by atoms with van der Waals surface area (Å²) in [5, 5.41) is 10.0. The Bertz CT molecular complexity index is 1130. The summed E-state index contributed by atoms with van der Waals surface area (Å²) < 4.78 is 31.1. The Kier molecular flexibility index (Phi) is 6.15. The summed E-state index contributed by atoms with van der Waals surface area (Å²) in [5.41, 5.74) is 1.51. The van der Waals surface area contributed by atoms with Crippen LogP contribution in [0.1, 0.15) is 11.1 Å². The van der Waals surface area contributed by atoms with Crippen molar-refractivity contribution in [3.63, 3.8) is 0 Å². The van der Waals surface area contributed by atoms with E-state index in [1.807, 2.05) is 12.1 Å². The monoisotopic (exact) mass is 409 g/mol. The number of rotatable bonds is 6. The second kappa shape index (κ2) is 8.75. The lowest BCUT2D eigenvalue weighted by Gasteiger charge is -2.08. The lowest BCUT2D eigenvalue weighted by Crippen LogP contribution is -2.03. The number of ether oxygens (including phenoxy) is 1. The second-order valence-corrected chi connectivity index (χ2v) is 8.28. The molecule has 0 atom stereocenters. The molecule has 3 aromatic carbocycles. The lowest BCUT2D eigenvalue weighted by atomic mass is 10.2. The Morgan fingerprint density at radius 3 is 2.39 bits per heavy atom. The average molecular weight is 410 g/mol. The maximum absolute atomic E-state index is 12.7. The molecule has 0 saturated carbocycles. The van der Waals surface area contributed by atoms with Crippen LogP contribution in [-0.2, 0) is 16.4 Å². The predicted octanol–water partition coefficient (Wildman–Crippen LogP) is 5.26. The molecular weight excluding hydrogens is 394 g/mol. The van der Waals surface area contributed by atoms with Crippen LogP contribution in [-0.4, -0.2) is 8.42 Å². The summed E-state index contributed by atoms with van der Waals surface area (Å²) in [7, 11) is -3.87. The number of nitrogens with zero attached hydrogens (tertiary/aromatic N) is 1. The molecule has 0 spiro atoms. The van der Waals surface area contributed by atoms with Crippen LogP contribution in [0.25, 0.3) is 6.08 Å². The summed E-state index contributed by atoms with van der Waals surface area (Å²) in [4.78, 5) is -0.244. The summed E-state index contributed by atoms with van der Waals surface area (Å²) in [6, 6.07) is 23.9. The van der Waals surface area contributed by atoms with Crippen molar-refractivity contribution in [2.45, 2.75) is 11.5 Å². The Labute approximate surface area is 169 Å². The first-order valence-electron chi connectivity index (χ1n) is 8.38. The highest BCUT2D eigenvalue weighted by Crippen LogP contribution is 2.23. The molecular formula is C22H16ClNO3S. The number of hydrogen-bond donors (Lipinski definition) is 0. The number of allylic oxidation sites excluding steroid dienone is 1. The minimum absolute atomic E-state index is 0.0814. The molecule has 0 N–H and O–H groups in total. The third kappa shape index (κ3) is 4.80. The first-order chi connectivity index (χ1) is 13.5. The van der Waals surface area contributed by atoms with E-state index in [1.54, 1.807) is 60.7 Å². The van der Waals surface area contributed by atoms with Crippen molar-refractivity contribution in [3.8, 4) is 11.8 Å². The molecule has 0 aliphatic carbocycles. The number of hydrogen-bond acceptors (Lipinski definition) is 4. The molecule has 140 valence electrons. The quantitative estimate of drug-likeness (QED) is 0.521. The SMILES string of the molecule is N#C/C(=C/c1cccc(OCc2ccc(Cl)cc2)c1)S(=O)(=O)c1ccccc1. The third-order valence-electron chi connectivity index (χ3n) is 3.93. The number of halogens is 1. The van der Waals surface area contributed by atoms with Crippen LogP contribution in [0.3, 0.4) is 0 Å². The van der Waals surface area contributed by atoms with E-state index in [1.165, 1.54) is 18.2 Å². The molecule has 0 aromatic heterocycles. The maximum Gasteiger partial charge on any atom is 0.216 e. The fourth-order valence-corrected chi connectivity index (χ4v) is 3.80. The van der Waals surface area contributed by atoms with Crippen molar-refractivity contribution >= 4 is 27.5 Å². The molecule has 0 heterocycles. The molecule has 4 nitrogen and oxygen atoms in total. The van der Waals surface area contributed by atoms with E-state index < -0.39 is 9.84 Å². The Morgan fingerprint density at radius 2 is 1.71 bits per heavy atom. The van der Waals surface area contributed by atoms with Crippen molar-refractivity contribution in [1.29, 1.82) is 5.26 Å². The summed E-state index contributed by atoms with van der Waals surface area (Å²) in [6.07, 6.45) is 1.34. The number of sulfone groups is 1. The zero-order valence-corrected chi connectivity index (χ0v) is 16.3. The van der Waals surface area contributed by atoms with Crippen LogP contribution in [0.5, 0.6) is 5.75 Å². The van der Waals surface area contributed by atoms with Gasteiger partial charge in [0.1, 0.15) is 23.3 Å². The van der Waals surface area contributed by atoms with E-state index in [-0.39, 0.29) is 9.80 Å². The van der Waals surface area contributed by atoms with Gasteiger partial charge in [0.05, 0.1) is 4.90 Å². The van der Waals surface area contributed by atoms with E-state index in [4.69, 9.17) is 16.3 Å². The van der Waals surface area contributed by atoms with Gasteiger partial charge in [0.2, 0.25) is 9.84 Å². The van der Waals surface area contributed by atoms with E-state index in [9.17, 15) is 13.7 Å². The normalized spacial score (nSPS) is 11.6. The van der Waals surface area contributed by atoms with Crippen LogP contribution in [0.15, 0.2) is 88.7 Å². The van der Waals surface area contributed by atoms with Gasteiger partial charge in [-0.2, -0.15) is 5.26 Å². The van der Waals surface area contributed by atoms with Gasteiger partial charge in [-0.15, -0.1) is 0 Å². The van der Waals surface area contributed by atoms with Gasteiger partial charge >= 0.3 is 0 Å². The van der Waals surface area contributed by atoms with Gasteiger partial charge in [0.15, 0.2) is 0 Å². The van der Waals surface area contributed by atoms with Gasteiger partial charge in [-0.25, -0.2) is 8.42 Å². The molecule has 0 bridgehead atoms. The van der Waals surface area contributed by atoms with Gasteiger partial charge in [-0.1, -0.05) is 54.1 Å². The third-order valence-corrected chi connectivity index (χ3v) is 5.86. The molecule has 0 unspecified atom stereocenters. The van der Waals surface area contributed by atoms with E-state index in [2.05, 4.69) is 0 Å². The van der Waals surface area contributed by atoms with Crippen LogP contribution in [0, 0.1) is 11.3 Å². The standard InChI is InChI=1S/C22H16ClNO3S/c23-19-11-9-17(10-12-19)16-27-20-6-4-5-18(13-20)14-22(15-24)28(25,26)21-7-2-1-3-8-21/h1-14H,16H2/b22-14-. The second-order valence-electron chi connectivity index (χ2n) is 5.92. The molecule has 0 aliphatic heterocycles. The number of benzene rings is 3. The first kappa shape index (κ1) is 19.7. The molecule has 0 fully saturated rings. The summed E-state index contributed by atoms with van der Waals surface area (Å²) >= 11 is 5.87. The van der Waals surface area contributed by atoms with Gasteiger partial charge in [-0.05, 0) is 53.6 Å². The highest BCUT2D eigenvalue weighted by Gasteiger charge is 2.20. The topological polar surface area (TPSA) is 67.2 Å². The molecule has 3 rings (SSSR count). The van der Waals surface area contributed by atoms with Crippen LogP contribution < -0.4 is 4.74 Å². The molecule has 0 amide bonds. The Balaban J connectivity index is 1.82. The first-order valence-corrected chi connectivity index (χ1v) is 10.2.